The summed E-state index contributed by atoms with van der Waals surface area (Å²) < 4.78 is 17.6. The van der Waals surface area contributed by atoms with Crippen LogP contribution in [0.1, 0.15) is 22.1 Å². The number of rotatable bonds is 4. The summed E-state index contributed by atoms with van der Waals surface area (Å²) in [7, 11) is 0. The molecule has 0 amide bonds. The Morgan fingerprint density at radius 1 is 1.41 bits per heavy atom. The largest absolute Gasteiger partial charge is 0.403 e. The predicted octanol–water partition coefficient (Wildman–Crippen LogP) is -0.209. The monoisotopic (exact) mass is 374 g/mol. The first-order chi connectivity index (χ1) is 12.9. The highest BCUT2D eigenvalue weighted by Crippen LogP contribution is 2.44. The molecule has 9 nitrogen and oxygen atoms in total. The second kappa shape index (κ2) is 6.54. The van der Waals surface area contributed by atoms with Gasteiger partial charge >= 0.3 is 11.7 Å². The maximum Gasteiger partial charge on any atom is 0.353 e. The minimum absolute atomic E-state index is 0.0414. The molecule has 142 valence electrons. The molecule has 2 aliphatic rings. The van der Waals surface area contributed by atoms with Gasteiger partial charge in [0, 0.05) is 11.8 Å². The van der Waals surface area contributed by atoms with Crippen molar-refractivity contribution in [2.75, 3.05) is 13.2 Å². The fourth-order valence-electron chi connectivity index (χ4n) is 3.31. The number of hydrogen-bond acceptors (Lipinski definition) is 8. The molecule has 1 unspecified atom stereocenters. The van der Waals surface area contributed by atoms with Gasteiger partial charge in [0.15, 0.2) is 6.23 Å². The highest BCUT2D eigenvalue weighted by Gasteiger charge is 2.61. The molecule has 2 aliphatic heterocycles. The maximum atomic E-state index is 12.5. The van der Waals surface area contributed by atoms with Crippen LogP contribution in [-0.2, 0) is 9.47 Å². The normalized spacial score (nSPS) is 29.1. The van der Waals surface area contributed by atoms with Crippen LogP contribution in [-0.4, -0.2) is 56.8 Å². The molecule has 0 saturated carbocycles. The van der Waals surface area contributed by atoms with Crippen LogP contribution >= 0.6 is 0 Å². The van der Waals surface area contributed by atoms with Gasteiger partial charge < -0.3 is 24.4 Å². The highest BCUT2D eigenvalue weighted by atomic mass is 16.7. The summed E-state index contributed by atoms with van der Waals surface area (Å²) in [6, 6.07) is 8.35. The van der Waals surface area contributed by atoms with Crippen LogP contribution in [0.3, 0.4) is 0 Å². The quantitative estimate of drug-likeness (QED) is 0.706. The van der Waals surface area contributed by atoms with E-state index in [9.17, 15) is 19.8 Å². The first kappa shape index (κ1) is 17.8. The maximum absolute atomic E-state index is 12.5. The van der Waals surface area contributed by atoms with Gasteiger partial charge in [0.25, 0.3) is 0 Å². The van der Waals surface area contributed by atoms with E-state index in [1.165, 1.54) is 10.8 Å². The van der Waals surface area contributed by atoms with E-state index < -0.39 is 42.3 Å². The zero-order chi connectivity index (χ0) is 19.2. The van der Waals surface area contributed by atoms with Crippen LogP contribution < -0.4 is 10.4 Å². The van der Waals surface area contributed by atoms with Gasteiger partial charge in [-0.25, -0.2) is 9.59 Å². The summed E-state index contributed by atoms with van der Waals surface area (Å²) in [5, 5.41) is 19.8. The lowest BCUT2D eigenvalue weighted by molar-refractivity contribution is -0.187. The molecule has 9 heteroatoms. The third kappa shape index (κ3) is 2.85. The molecule has 2 aromatic rings. The first-order valence-electron chi connectivity index (χ1n) is 8.40. The second-order valence-corrected chi connectivity index (χ2v) is 6.63. The predicted molar refractivity (Wildman–Crippen MR) is 90.3 cm³/mol. The van der Waals surface area contributed by atoms with Gasteiger partial charge in [-0.15, -0.1) is 0 Å². The van der Waals surface area contributed by atoms with Crippen molar-refractivity contribution >= 4 is 5.97 Å². The lowest BCUT2D eigenvalue weighted by Gasteiger charge is -2.29. The van der Waals surface area contributed by atoms with E-state index in [0.29, 0.717) is 11.1 Å². The number of aliphatic hydroxyl groups is 2. The molecule has 27 heavy (non-hydrogen) atoms. The van der Waals surface area contributed by atoms with Crippen molar-refractivity contribution in [1.82, 2.24) is 9.55 Å². The van der Waals surface area contributed by atoms with Crippen molar-refractivity contribution in [3.63, 3.8) is 0 Å². The van der Waals surface area contributed by atoms with Gasteiger partial charge in [0.2, 0.25) is 5.88 Å². The molecule has 0 radical (unpaired) electrons. The van der Waals surface area contributed by atoms with E-state index >= 15 is 0 Å². The fourth-order valence-corrected chi connectivity index (χ4v) is 3.31. The van der Waals surface area contributed by atoms with Gasteiger partial charge in [-0.2, -0.15) is 4.98 Å². The van der Waals surface area contributed by atoms with Crippen molar-refractivity contribution < 1.29 is 29.2 Å². The van der Waals surface area contributed by atoms with Crippen LogP contribution in [0.5, 0.6) is 5.88 Å². The minimum atomic E-state index is -1.25. The Labute approximate surface area is 153 Å². The molecule has 0 spiro atoms. The van der Waals surface area contributed by atoms with Crippen molar-refractivity contribution in [1.29, 1.82) is 0 Å². The molecule has 2 bridgehead atoms. The standard InChI is InChI=1S/C18H18N2O7/c1-10-7-20(15-12-13(22)18(8-21,27-15)9-25-12)17(24)19-14(10)26-16(23)11-5-3-2-4-6-11/h2-7,12-13,15,21-22H,8-9H2,1H3/t12-,13?,15+,18-/m0/s1. The molecule has 0 aliphatic carbocycles. The van der Waals surface area contributed by atoms with E-state index in [-0.39, 0.29) is 12.5 Å². The summed E-state index contributed by atoms with van der Waals surface area (Å²) in [5.74, 6) is -0.732. The Balaban J connectivity index is 1.60. The molecule has 4 atom stereocenters. The van der Waals surface area contributed by atoms with Crippen LogP contribution in [0.15, 0.2) is 41.3 Å². The third-order valence-corrected chi connectivity index (χ3v) is 4.84. The average Bonchev–Trinajstić information content (AvgIpc) is 3.15. The van der Waals surface area contributed by atoms with E-state index in [1.807, 2.05) is 0 Å². The van der Waals surface area contributed by atoms with Gasteiger partial charge in [-0.05, 0) is 19.1 Å². The molecule has 2 fully saturated rings. The van der Waals surface area contributed by atoms with Gasteiger partial charge in [0.1, 0.15) is 17.8 Å². The number of fused-ring (bicyclic) bond motifs is 2. The topological polar surface area (TPSA) is 120 Å². The Morgan fingerprint density at radius 3 is 2.81 bits per heavy atom. The molecule has 2 N–H and O–H groups in total. The van der Waals surface area contributed by atoms with Crippen LogP contribution in [0, 0.1) is 6.92 Å². The number of ether oxygens (including phenoxy) is 3. The molecule has 4 rings (SSSR count). The zero-order valence-corrected chi connectivity index (χ0v) is 14.4. The molecule has 3 heterocycles. The number of carbonyl (C=O) groups excluding carboxylic acids is 1. The summed E-state index contributed by atoms with van der Waals surface area (Å²) >= 11 is 0. The van der Waals surface area contributed by atoms with Crippen molar-refractivity contribution in [3.05, 3.63) is 58.1 Å². The van der Waals surface area contributed by atoms with Crippen LogP contribution in [0.4, 0.5) is 0 Å². The molecular weight excluding hydrogens is 356 g/mol. The number of esters is 1. The lowest BCUT2D eigenvalue weighted by Crippen LogP contribution is -2.44. The second-order valence-electron chi connectivity index (χ2n) is 6.63. The summed E-state index contributed by atoms with van der Waals surface area (Å²) in [6.45, 7) is 1.23. The highest BCUT2D eigenvalue weighted by molar-refractivity contribution is 5.90. The van der Waals surface area contributed by atoms with Crippen LogP contribution in [0.25, 0.3) is 0 Å². The Morgan fingerprint density at radius 2 is 2.15 bits per heavy atom. The van der Waals surface area contributed by atoms with Gasteiger partial charge in [0.05, 0.1) is 18.8 Å². The van der Waals surface area contributed by atoms with E-state index in [4.69, 9.17) is 14.2 Å². The van der Waals surface area contributed by atoms with Crippen molar-refractivity contribution in [2.24, 2.45) is 0 Å². The first-order valence-corrected chi connectivity index (χ1v) is 8.40. The van der Waals surface area contributed by atoms with Gasteiger partial charge in [-0.3, -0.25) is 4.57 Å². The van der Waals surface area contributed by atoms with E-state index in [0.717, 1.165) is 0 Å². The Hall–Kier alpha value is -2.59. The lowest BCUT2D eigenvalue weighted by atomic mass is 10.0. The third-order valence-electron chi connectivity index (χ3n) is 4.84. The number of aromatic nitrogens is 2. The SMILES string of the molecule is Cc1cn([C@@H]2O[C@@]3(CO)CO[C@H]2C3O)c(=O)nc1OC(=O)c1ccccc1. The fraction of sp³-hybridized carbons (Fsp3) is 0.389. The molecular formula is C18H18N2O7. The zero-order valence-electron chi connectivity index (χ0n) is 14.4. The number of aliphatic hydroxyl groups excluding tert-OH is 2. The number of hydrogen-bond donors (Lipinski definition) is 2. The Kier molecular flexibility index (Phi) is 4.31. The summed E-state index contributed by atoms with van der Waals surface area (Å²) in [4.78, 5) is 28.4. The van der Waals surface area contributed by atoms with Gasteiger partial charge in [-0.1, -0.05) is 18.2 Å². The number of carbonyl (C=O) groups is 1. The van der Waals surface area contributed by atoms with Crippen LogP contribution in [0.2, 0.25) is 0 Å². The summed E-state index contributed by atoms with van der Waals surface area (Å²) in [5.41, 5.74) is -1.21. The Bertz CT molecular complexity index is 929. The average molecular weight is 374 g/mol. The van der Waals surface area contributed by atoms with Crippen molar-refractivity contribution in [3.8, 4) is 5.88 Å². The number of benzene rings is 1. The molecule has 2 saturated heterocycles. The smallest absolute Gasteiger partial charge is 0.353 e. The minimum Gasteiger partial charge on any atom is -0.403 e. The number of aryl methyl sites for hydroxylation is 1. The van der Waals surface area contributed by atoms with E-state index in [2.05, 4.69) is 4.98 Å². The molecule has 1 aromatic heterocycles. The number of nitrogens with zero attached hydrogens (tertiary/aromatic N) is 2. The van der Waals surface area contributed by atoms with E-state index in [1.54, 1.807) is 37.3 Å². The molecule has 1 aromatic carbocycles. The summed E-state index contributed by atoms with van der Waals surface area (Å²) in [6.07, 6.45) is -1.36. The van der Waals surface area contributed by atoms with Crippen molar-refractivity contribution in [2.45, 2.75) is 31.0 Å².